The second-order valence-electron chi connectivity index (χ2n) is 6.92. The zero-order valence-electron chi connectivity index (χ0n) is 15.5. The van der Waals surface area contributed by atoms with Gasteiger partial charge in [0.25, 0.3) is 0 Å². The molecule has 132 valence electrons. The lowest BCUT2D eigenvalue weighted by Crippen LogP contribution is -2.85. The van der Waals surface area contributed by atoms with Crippen LogP contribution in [0, 0.1) is 6.92 Å². The Morgan fingerprint density at radius 2 is 1.78 bits per heavy atom. The van der Waals surface area contributed by atoms with Crippen LogP contribution in [-0.4, -0.2) is 46.6 Å². The highest BCUT2D eigenvalue weighted by atomic mass is 16.5. The van der Waals surface area contributed by atoms with Gasteiger partial charge in [-0.25, -0.2) is 0 Å². The second-order valence-corrected chi connectivity index (χ2v) is 6.92. The van der Waals surface area contributed by atoms with Crippen molar-refractivity contribution in [1.29, 1.82) is 0 Å². The molecule has 2 N–H and O–H groups in total. The summed E-state index contributed by atoms with van der Waals surface area (Å²) < 4.78 is 16.6. The molecule has 0 unspecified atom stereocenters. The Balaban J connectivity index is 2.22. The Morgan fingerprint density at radius 1 is 1.00 bits per heavy atom. The minimum Gasteiger partial charge on any atom is -0.491 e. The molecule has 0 bridgehead atoms. The van der Waals surface area contributed by atoms with Crippen LogP contribution in [0.15, 0.2) is 18.2 Å². The third-order valence-corrected chi connectivity index (χ3v) is 3.65. The van der Waals surface area contributed by atoms with E-state index in [0.717, 1.165) is 38.5 Å². The molecule has 0 fully saturated rings. The number of ether oxygens (including phenoxy) is 3. The molecule has 0 saturated carbocycles. The lowest BCUT2D eigenvalue weighted by molar-refractivity contribution is -0.656. The molecule has 0 aliphatic carbocycles. The molecule has 0 spiro atoms. The van der Waals surface area contributed by atoms with Crippen molar-refractivity contribution in [2.75, 3.05) is 46.6 Å². The fourth-order valence-corrected chi connectivity index (χ4v) is 2.36. The van der Waals surface area contributed by atoms with Gasteiger partial charge in [-0.3, -0.25) is 0 Å². The van der Waals surface area contributed by atoms with Crippen molar-refractivity contribution < 1.29 is 19.5 Å². The van der Waals surface area contributed by atoms with Crippen LogP contribution in [0.3, 0.4) is 0 Å². The third-order valence-electron chi connectivity index (χ3n) is 3.65. The standard InChI is InChI=1S/C19H33NO3/c1-16-7-8-17(19(2,3)4)18(15-16)23-14-13-22-12-10-20-9-6-11-21-5/h7-8,15,20H,6,9-14H2,1-5H3/p+1. The van der Waals surface area contributed by atoms with Crippen molar-refractivity contribution in [2.24, 2.45) is 0 Å². The minimum atomic E-state index is 0.0844. The summed E-state index contributed by atoms with van der Waals surface area (Å²) in [6.07, 6.45) is 1.09. The van der Waals surface area contributed by atoms with E-state index in [1.807, 2.05) is 0 Å². The molecule has 4 nitrogen and oxygen atoms in total. The number of benzene rings is 1. The molecule has 0 saturated heterocycles. The van der Waals surface area contributed by atoms with E-state index in [2.05, 4.69) is 51.2 Å². The normalized spacial score (nSPS) is 11.7. The smallest absolute Gasteiger partial charge is 0.123 e. The zero-order chi connectivity index (χ0) is 17.1. The van der Waals surface area contributed by atoms with Crippen LogP contribution in [0.5, 0.6) is 5.75 Å². The molecule has 23 heavy (non-hydrogen) atoms. The molecule has 0 aromatic heterocycles. The van der Waals surface area contributed by atoms with Crippen LogP contribution in [0.1, 0.15) is 38.3 Å². The van der Waals surface area contributed by atoms with E-state index in [-0.39, 0.29) is 5.41 Å². The number of nitrogens with two attached hydrogens (primary N) is 1. The molecule has 1 aromatic carbocycles. The van der Waals surface area contributed by atoms with E-state index in [4.69, 9.17) is 14.2 Å². The maximum Gasteiger partial charge on any atom is 0.123 e. The van der Waals surface area contributed by atoms with Gasteiger partial charge in [-0.05, 0) is 29.5 Å². The van der Waals surface area contributed by atoms with E-state index in [0.29, 0.717) is 13.2 Å². The molecule has 0 radical (unpaired) electrons. The summed E-state index contributed by atoms with van der Waals surface area (Å²) in [5, 5.41) is 2.26. The zero-order valence-corrected chi connectivity index (χ0v) is 15.5. The number of hydrogen-bond donors (Lipinski definition) is 1. The van der Waals surface area contributed by atoms with Gasteiger partial charge in [0.1, 0.15) is 12.4 Å². The van der Waals surface area contributed by atoms with Crippen LogP contribution < -0.4 is 10.1 Å². The predicted molar refractivity (Wildman–Crippen MR) is 94.3 cm³/mol. The topological polar surface area (TPSA) is 44.3 Å². The molecular formula is C19H34NO3+. The first-order valence-corrected chi connectivity index (χ1v) is 8.57. The molecule has 0 aliphatic heterocycles. The van der Waals surface area contributed by atoms with Gasteiger partial charge >= 0.3 is 0 Å². The first kappa shape index (κ1) is 19.9. The van der Waals surface area contributed by atoms with Gasteiger partial charge in [-0.15, -0.1) is 0 Å². The number of aryl methyl sites for hydroxylation is 1. The monoisotopic (exact) mass is 324 g/mol. The van der Waals surface area contributed by atoms with Crippen molar-refractivity contribution in [3.8, 4) is 5.75 Å². The number of rotatable bonds is 11. The SMILES string of the molecule is COCCC[NH2+]CCOCCOc1cc(C)ccc1C(C)(C)C. The van der Waals surface area contributed by atoms with E-state index < -0.39 is 0 Å². The lowest BCUT2D eigenvalue weighted by Gasteiger charge is -2.23. The van der Waals surface area contributed by atoms with Gasteiger partial charge in [0.05, 0.1) is 32.9 Å². The van der Waals surface area contributed by atoms with Gasteiger partial charge < -0.3 is 19.5 Å². The fourth-order valence-electron chi connectivity index (χ4n) is 2.36. The van der Waals surface area contributed by atoms with Crippen LogP contribution in [0.2, 0.25) is 0 Å². The highest BCUT2D eigenvalue weighted by molar-refractivity contribution is 5.41. The number of methoxy groups -OCH3 is 1. The number of hydrogen-bond acceptors (Lipinski definition) is 3. The molecule has 0 amide bonds. The summed E-state index contributed by atoms with van der Waals surface area (Å²) >= 11 is 0. The summed E-state index contributed by atoms with van der Waals surface area (Å²) in [4.78, 5) is 0. The fraction of sp³-hybridized carbons (Fsp3) is 0.684. The molecular weight excluding hydrogens is 290 g/mol. The molecule has 0 aliphatic rings. The van der Waals surface area contributed by atoms with Crippen LogP contribution in [0.25, 0.3) is 0 Å². The Morgan fingerprint density at radius 3 is 2.48 bits per heavy atom. The van der Waals surface area contributed by atoms with Crippen molar-refractivity contribution in [3.63, 3.8) is 0 Å². The van der Waals surface area contributed by atoms with E-state index in [1.165, 1.54) is 11.1 Å². The molecule has 1 aromatic rings. The van der Waals surface area contributed by atoms with E-state index in [1.54, 1.807) is 7.11 Å². The molecule has 0 heterocycles. The Labute approximate surface area is 141 Å². The van der Waals surface area contributed by atoms with Crippen molar-refractivity contribution in [1.82, 2.24) is 0 Å². The maximum atomic E-state index is 5.95. The van der Waals surface area contributed by atoms with Gasteiger partial charge in [0.15, 0.2) is 0 Å². The third kappa shape index (κ3) is 8.35. The summed E-state index contributed by atoms with van der Waals surface area (Å²) in [6, 6.07) is 6.42. The van der Waals surface area contributed by atoms with Crippen molar-refractivity contribution in [3.05, 3.63) is 29.3 Å². The molecule has 4 heteroatoms. The maximum absolute atomic E-state index is 5.95. The van der Waals surface area contributed by atoms with Gasteiger partial charge in [0.2, 0.25) is 0 Å². The minimum absolute atomic E-state index is 0.0844. The quantitative estimate of drug-likeness (QED) is 0.635. The average Bonchev–Trinajstić information content (AvgIpc) is 2.48. The van der Waals surface area contributed by atoms with Crippen molar-refractivity contribution >= 4 is 0 Å². The van der Waals surface area contributed by atoms with E-state index in [9.17, 15) is 0 Å². The first-order valence-electron chi connectivity index (χ1n) is 8.57. The Hall–Kier alpha value is -1.10. The molecule has 1 rings (SSSR count). The van der Waals surface area contributed by atoms with Gasteiger partial charge in [0, 0.05) is 13.5 Å². The summed E-state index contributed by atoms with van der Waals surface area (Å²) in [5.41, 5.74) is 2.55. The van der Waals surface area contributed by atoms with Gasteiger partial charge in [-0.1, -0.05) is 32.9 Å². The number of quaternary nitrogens is 1. The summed E-state index contributed by atoms with van der Waals surface area (Å²) in [5.74, 6) is 0.979. The summed E-state index contributed by atoms with van der Waals surface area (Å²) in [6.45, 7) is 13.6. The highest BCUT2D eigenvalue weighted by Gasteiger charge is 2.18. The van der Waals surface area contributed by atoms with Crippen molar-refractivity contribution in [2.45, 2.75) is 39.5 Å². The van der Waals surface area contributed by atoms with Crippen LogP contribution in [0.4, 0.5) is 0 Å². The lowest BCUT2D eigenvalue weighted by atomic mass is 9.86. The van der Waals surface area contributed by atoms with Crippen LogP contribution >= 0.6 is 0 Å². The Bertz CT molecular complexity index is 441. The summed E-state index contributed by atoms with van der Waals surface area (Å²) in [7, 11) is 1.74. The van der Waals surface area contributed by atoms with E-state index >= 15 is 0 Å². The predicted octanol–water partition coefficient (Wildman–Crippen LogP) is 2.29. The van der Waals surface area contributed by atoms with Crippen LogP contribution in [-0.2, 0) is 14.9 Å². The molecule has 0 atom stereocenters. The largest absolute Gasteiger partial charge is 0.491 e. The first-order chi connectivity index (χ1) is 10.9. The average molecular weight is 324 g/mol. The second kappa shape index (κ2) is 10.6. The van der Waals surface area contributed by atoms with Gasteiger partial charge in [-0.2, -0.15) is 0 Å². The Kier molecular flexibility index (Phi) is 9.22. The highest BCUT2D eigenvalue weighted by Crippen LogP contribution is 2.31.